The average Bonchev–Trinajstić information content (AvgIpc) is 2.85. The highest BCUT2D eigenvalue weighted by molar-refractivity contribution is 7.07. The maximum absolute atomic E-state index is 12.9. The van der Waals surface area contributed by atoms with Gasteiger partial charge in [-0.3, -0.25) is 0 Å². The summed E-state index contributed by atoms with van der Waals surface area (Å²) in [5.41, 5.74) is 1.31. The van der Waals surface area contributed by atoms with Crippen molar-refractivity contribution in [3.63, 3.8) is 0 Å². The monoisotopic (exact) mass is 283 g/mol. The molecule has 1 aromatic carbocycles. The van der Waals surface area contributed by atoms with E-state index in [0.717, 1.165) is 19.0 Å². The fraction of sp³-hybridized carbons (Fsp3) is 0.286. The maximum Gasteiger partial charge on any atom is 0.129 e. The van der Waals surface area contributed by atoms with Gasteiger partial charge in [0.2, 0.25) is 0 Å². The normalized spacial score (nSPS) is 10.6. The molecule has 2 rings (SSSR count). The fourth-order valence-corrected chi connectivity index (χ4v) is 2.35. The number of halogens is 2. The van der Waals surface area contributed by atoms with Crippen LogP contribution in [0.4, 0.5) is 8.78 Å². The van der Waals surface area contributed by atoms with E-state index < -0.39 is 11.6 Å². The molecule has 0 aliphatic heterocycles. The summed E-state index contributed by atoms with van der Waals surface area (Å²) < 4.78 is 31.0. The largest absolute Gasteiger partial charge is 0.492 e. The number of benzene rings is 1. The molecule has 2 nitrogen and oxygen atoms in total. The molecule has 0 unspecified atom stereocenters. The standard InChI is InChI=1S/C14H15F2NOS/c15-12-7-13(16)9-14(8-12)18-5-4-17-3-1-11-2-6-19-10-11/h2,6-10,17H,1,3-5H2. The molecule has 0 atom stereocenters. The molecule has 102 valence electrons. The summed E-state index contributed by atoms with van der Waals surface area (Å²) >= 11 is 1.68. The Kier molecular flexibility index (Phi) is 5.30. The highest BCUT2D eigenvalue weighted by atomic mass is 32.1. The summed E-state index contributed by atoms with van der Waals surface area (Å²) in [7, 11) is 0. The van der Waals surface area contributed by atoms with Gasteiger partial charge in [-0.25, -0.2) is 8.78 Å². The number of hydrogen-bond acceptors (Lipinski definition) is 3. The SMILES string of the molecule is Fc1cc(F)cc(OCCNCCc2ccsc2)c1. The van der Waals surface area contributed by atoms with Gasteiger partial charge in [0.1, 0.15) is 24.0 Å². The molecule has 0 saturated heterocycles. The Balaban J connectivity index is 1.61. The lowest BCUT2D eigenvalue weighted by molar-refractivity contribution is 0.311. The van der Waals surface area contributed by atoms with Gasteiger partial charge < -0.3 is 10.1 Å². The minimum absolute atomic E-state index is 0.220. The van der Waals surface area contributed by atoms with Crippen molar-refractivity contribution in [2.24, 2.45) is 0 Å². The zero-order valence-electron chi connectivity index (χ0n) is 10.4. The van der Waals surface area contributed by atoms with Crippen LogP contribution in [-0.2, 0) is 6.42 Å². The van der Waals surface area contributed by atoms with Gasteiger partial charge in [-0.2, -0.15) is 11.3 Å². The van der Waals surface area contributed by atoms with Crippen LogP contribution < -0.4 is 10.1 Å². The van der Waals surface area contributed by atoms with Crippen LogP contribution in [0.3, 0.4) is 0 Å². The molecule has 1 heterocycles. The van der Waals surface area contributed by atoms with Crippen LogP contribution in [-0.4, -0.2) is 19.7 Å². The molecule has 0 amide bonds. The number of hydrogen-bond donors (Lipinski definition) is 1. The summed E-state index contributed by atoms with van der Waals surface area (Å²) in [6.07, 6.45) is 0.970. The quantitative estimate of drug-likeness (QED) is 0.788. The Bertz CT molecular complexity index is 482. The van der Waals surface area contributed by atoms with E-state index in [1.807, 2.05) is 0 Å². The van der Waals surface area contributed by atoms with Crippen molar-refractivity contribution in [3.8, 4) is 5.75 Å². The predicted molar refractivity (Wildman–Crippen MR) is 72.7 cm³/mol. The van der Waals surface area contributed by atoms with E-state index in [0.29, 0.717) is 13.2 Å². The molecule has 1 aromatic heterocycles. The number of nitrogens with one attached hydrogen (secondary N) is 1. The molecular weight excluding hydrogens is 268 g/mol. The minimum Gasteiger partial charge on any atom is -0.492 e. The van der Waals surface area contributed by atoms with Crippen molar-refractivity contribution in [1.29, 1.82) is 0 Å². The third-order valence-electron chi connectivity index (χ3n) is 2.55. The molecular formula is C14H15F2NOS. The van der Waals surface area contributed by atoms with E-state index in [1.54, 1.807) is 11.3 Å². The second-order valence-corrected chi connectivity index (χ2v) is 4.87. The van der Waals surface area contributed by atoms with Crippen LogP contribution in [0.2, 0.25) is 0 Å². The van der Waals surface area contributed by atoms with Crippen molar-refractivity contribution in [1.82, 2.24) is 5.32 Å². The lowest BCUT2D eigenvalue weighted by Gasteiger charge is -2.07. The average molecular weight is 283 g/mol. The summed E-state index contributed by atoms with van der Waals surface area (Å²) in [4.78, 5) is 0. The highest BCUT2D eigenvalue weighted by Gasteiger charge is 2.01. The van der Waals surface area contributed by atoms with Crippen LogP contribution in [0.5, 0.6) is 5.75 Å². The van der Waals surface area contributed by atoms with Gasteiger partial charge in [-0.15, -0.1) is 0 Å². The molecule has 0 fully saturated rings. The second-order valence-electron chi connectivity index (χ2n) is 4.09. The zero-order chi connectivity index (χ0) is 13.5. The minimum atomic E-state index is -0.625. The Hall–Kier alpha value is -1.46. The van der Waals surface area contributed by atoms with E-state index in [4.69, 9.17) is 4.74 Å². The van der Waals surface area contributed by atoms with E-state index in [2.05, 4.69) is 22.1 Å². The van der Waals surface area contributed by atoms with Crippen molar-refractivity contribution < 1.29 is 13.5 Å². The Morgan fingerprint density at radius 2 is 1.89 bits per heavy atom. The fourth-order valence-electron chi connectivity index (χ4n) is 1.65. The number of rotatable bonds is 7. The predicted octanol–water partition coefficient (Wildman–Crippen LogP) is 3.24. The summed E-state index contributed by atoms with van der Waals surface area (Å²) in [5, 5.41) is 7.39. The first-order chi connectivity index (χ1) is 9.24. The first kappa shape index (κ1) is 14.0. The van der Waals surface area contributed by atoms with Crippen LogP contribution in [0.1, 0.15) is 5.56 Å². The first-order valence-corrected chi connectivity index (χ1v) is 6.99. The van der Waals surface area contributed by atoms with Crippen LogP contribution in [0, 0.1) is 11.6 Å². The smallest absolute Gasteiger partial charge is 0.129 e. The molecule has 0 aliphatic rings. The van der Waals surface area contributed by atoms with Crippen molar-refractivity contribution >= 4 is 11.3 Å². The molecule has 0 spiro atoms. The van der Waals surface area contributed by atoms with Gasteiger partial charge in [-0.1, -0.05) is 0 Å². The Morgan fingerprint density at radius 3 is 2.58 bits per heavy atom. The molecule has 0 radical (unpaired) electrons. The summed E-state index contributed by atoms with van der Waals surface area (Å²) in [6, 6.07) is 5.27. The highest BCUT2D eigenvalue weighted by Crippen LogP contribution is 2.14. The van der Waals surface area contributed by atoms with Crippen molar-refractivity contribution in [2.45, 2.75) is 6.42 Å². The summed E-state index contributed by atoms with van der Waals surface area (Å²) in [5.74, 6) is -1.03. The van der Waals surface area contributed by atoms with Crippen LogP contribution in [0.15, 0.2) is 35.0 Å². The van der Waals surface area contributed by atoms with Gasteiger partial charge in [-0.05, 0) is 35.4 Å². The maximum atomic E-state index is 12.9. The van der Waals surface area contributed by atoms with Gasteiger partial charge in [0.25, 0.3) is 0 Å². The third kappa shape index (κ3) is 4.96. The summed E-state index contributed by atoms with van der Waals surface area (Å²) in [6.45, 7) is 1.88. The first-order valence-electron chi connectivity index (χ1n) is 6.05. The molecule has 19 heavy (non-hydrogen) atoms. The van der Waals surface area contributed by atoms with Gasteiger partial charge >= 0.3 is 0 Å². The van der Waals surface area contributed by atoms with Gasteiger partial charge in [0.05, 0.1) is 0 Å². The lowest BCUT2D eigenvalue weighted by atomic mass is 10.2. The second kappa shape index (κ2) is 7.21. The van der Waals surface area contributed by atoms with E-state index in [9.17, 15) is 8.78 Å². The Labute approximate surface area is 115 Å². The van der Waals surface area contributed by atoms with Crippen molar-refractivity contribution in [2.75, 3.05) is 19.7 Å². The van der Waals surface area contributed by atoms with Crippen LogP contribution >= 0.6 is 11.3 Å². The van der Waals surface area contributed by atoms with E-state index in [1.165, 1.54) is 17.7 Å². The molecule has 2 aromatic rings. The molecule has 5 heteroatoms. The van der Waals surface area contributed by atoms with Gasteiger partial charge in [0, 0.05) is 24.7 Å². The number of ether oxygens (including phenoxy) is 1. The van der Waals surface area contributed by atoms with Crippen LogP contribution in [0.25, 0.3) is 0 Å². The zero-order valence-corrected chi connectivity index (χ0v) is 11.2. The molecule has 0 saturated carbocycles. The van der Waals surface area contributed by atoms with E-state index in [-0.39, 0.29) is 5.75 Å². The molecule has 1 N–H and O–H groups in total. The molecule has 0 bridgehead atoms. The van der Waals surface area contributed by atoms with E-state index >= 15 is 0 Å². The van der Waals surface area contributed by atoms with Crippen molar-refractivity contribution in [3.05, 3.63) is 52.2 Å². The lowest BCUT2D eigenvalue weighted by Crippen LogP contribution is -2.23. The molecule has 0 aliphatic carbocycles. The van der Waals surface area contributed by atoms with Gasteiger partial charge in [0.15, 0.2) is 0 Å². The topological polar surface area (TPSA) is 21.3 Å². The Morgan fingerprint density at radius 1 is 1.11 bits per heavy atom. The number of thiophene rings is 1. The third-order valence-corrected chi connectivity index (χ3v) is 3.29.